The van der Waals surface area contributed by atoms with E-state index in [4.69, 9.17) is 4.74 Å². The summed E-state index contributed by atoms with van der Waals surface area (Å²) in [6.07, 6.45) is 2.08. The lowest BCUT2D eigenvalue weighted by Crippen LogP contribution is -2.29. The molecule has 6 heteroatoms. The monoisotopic (exact) mass is 381 g/mol. The Labute approximate surface area is 166 Å². The fraction of sp³-hybridized carbons (Fsp3) is 0.364. The summed E-state index contributed by atoms with van der Waals surface area (Å²) in [7, 11) is 3.82. The van der Waals surface area contributed by atoms with Gasteiger partial charge in [-0.25, -0.2) is 0 Å². The molecule has 0 unspecified atom stereocenters. The van der Waals surface area contributed by atoms with Crippen LogP contribution in [0, 0.1) is 0 Å². The number of likely N-dealkylation sites (tertiary alicyclic amines) is 1. The molecule has 0 bridgehead atoms. The van der Waals surface area contributed by atoms with Crippen molar-refractivity contribution in [1.82, 2.24) is 4.90 Å². The average Bonchev–Trinajstić information content (AvgIpc) is 3.23. The fourth-order valence-electron chi connectivity index (χ4n) is 3.30. The first-order valence-electron chi connectivity index (χ1n) is 9.57. The van der Waals surface area contributed by atoms with Crippen molar-refractivity contribution >= 4 is 23.2 Å². The van der Waals surface area contributed by atoms with Crippen LogP contribution in [0.15, 0.2) is 48.5 Å². The lowest BCUT2D eigenvalue weighted by atomic mass is 10.1. The molecular formula is C22H27N3O3. The molecule has 148 valence electrons. The molecule has 1 saturated heterocycles. The van der Waals surface area contributed by atoms with Crippen molar-refractivity contribution in [2.24, 2.45) is 0 Å². The smallest absolute Gasteiger partial charge is 0.256 e. The number of amides is 2. The molecular weight excluding hydrogens is 354 g/mol. The number of rotatable bonds is 7. The van der Waals surface area contributed by atoms with Crippen molar-refractivity contribution in [3.05, 3.63) is 59.7 Å². The van der Waals surface area contributed by atoms with Crippen LogP contribution in [0.3, 0.4) is 0 Å². The molecule has 1 aliphatic rings. The Morgan fingerprint density at radius 3 is 2.46 bits per heavy atom. The molecule has 0 radical (unpaired) electrons. The van der Waals surface area contributed by atoms with Gasteiger partial charge in [0.25, 0.3) is 5.91 Å². The second-order valence-corrected chi connectivity index (χ2v) is 7.15. The van der Waals surface area contributed by atoms with Crippen LogP contribution in [0.2, 0.25) is 0 Å². The first kappa shape index (κ1) is 19.9. The molecule has 2 aromatic carbocycles. The third-order valence-corrected chi connectivity index (χ3v) is 4.73. The largest absolute Gasteiger partial charge is 0.377 e. The topological polar surface area (TPSA) is 61.9 Å². The Hall–Kier alpha value is -2.86. The Morgan fingerprint density at radius 2 is 1.79 bits per heavy atom. The van der Waals surface area contributed by atoms with E-state index < -0.39 is 0 Å². The van der Waals surface area contributed by atoms with Crippen LogP contribution in [0.4, 0.5) is 11.4 Å². The highest BCUT2D eigenvalue weighted by molar-refractivity contribution is 6.02. The van der Waals surface area contributed by atoms with Crippen LogP contribution < -0.4 is 10.2 Å². The van der Waals surface area contributed by atoms with Crippen LogP contribution in [0.5, 0.6) is 0 Å². The predicted octanol–water partition coefficient (Wildman–Crippen LogP) is 3.14. The van der Waals surface area contributed by atoms with Crippen molar-refractivity contribution in [2.45, 2.75) is 19.4 Å². The predicted molar refractivity (Wildman–Crippen MR) is 111 cm³/mol. The van der Waals surface area contributed by atoms with E-state index in [1.165, 1.54) is 0 Å². The normalized spacial score (nSPS) is 13.4. The number of carbonyl (C=O) groups excluding carboxylic acids is 2. The Bertz CT molecular complexity index is 815. The number of anilines is 2. The van der Waals surface area contributed by atoms with Crippen molar-refractivity contribution < 1.29 is 14.3 Å². The van der Waals surface area contributed by atoms with E-state index >= 15 is 0 Å². The summed E-state index contributed by atoms with van der Waals surface area (Å²) in [6, 6.07) is 15.1. The molecule has 3 rings (SSSR count). The van der Waals surface area contributed by atoms with E-state index in [2.05, 4.69) is 5.32 Å². The maximum Gasteiger partial charge on any atom is 0.256 e. The number of hydrogen-bond acceptors (Lipinski definition) is 4. The fourth-order valence-corrected chi connectivity index (χ4v) is 3.30. The molecule has 28 heavy (non-hydrogen) atoms. The highest BCUT2D eigenvalue weighted by atomic mass is 16.5. The quantitative estimate of drug-likeness (QED) is 0.800. The Kier molecular flexibility index (Phi) is 6.66. The summed E-state index contributed by atoms with van der Waals surface area (Å²) in [5.74, 6) is -0.231. The second-order valence-electron chi connectivity index (χ2n) is 7.15. The lowest BCUT2D eigenvalue weighted by Gasteiger charge is -2.22. The van der Waals surface area contributed by atoms with Crippen LogP contribution >= 0.6 is 0 Å². The zero-order valence-electron chi connectivity index (χ0n) is 16.5. The molecule has 1 fully saturated rings. The summed E-state index contributed by atoms with van der Waals surface area (Å²) in [5, 5.41) is 2.83. The highest BCUT2D eigenvalue weighted by Crippen LogP contribution is 2.26. The minimum atomic E-state index is -0.242. The van der Waals surface area contributed by atoms with Crippen molar-refractivity contribution in [2.75, 3.05) is 44.0 Å². The third kappa shape index (κ3) is 5.10. The maximum atomic E-state index is 12.9. The number of carbonyl (C=O) groups is 2. The van der Waals surface area contributed by atoms with Gasteiger partial charge in [0.2, 0.25) is 5.91 Å². The zero-order valence-corrected chi connectivity index (χ0v) is 16.5. The standard InChI is InChI=1S/C22H27N3O3/c1-24(2)20-11-10-18(14-19(20)22(27)25-12-6-7-13-25)23-21(26)16-28-15-17-8-4-3-5-9-17/h3-5,8-11,14H,6-7,12-13,15-16H2,1-2H3,(H,23,26). The van der Waals surface area contributed by atoms with Gasteiger partial charge >= 0.3 is 0 Å². The zero-order chi connectivity index (χ0) is 19.9. The minimum absolute atomic E-state index is 0.0117. The highest BCUT2D eigenvalue weighted by Gasteiger charge is 2.23. The Balaban J connectivity index is 1.63. The average molecular weight is 381 g/mol. The van der Waals surface area contributed by atoms with E-state index in [1.807, 2.05) is 66.4 Å². The molecule has 2 amide bonds. The summed E-state index contributed by atoms with van der Waals surface area (Å²) in [4.78, 5) is 28.9. The first-order valence-corrected chi connectivity index (χ1v) is 9.57. The van der Waals surface area contributed by atoms with Gasteiger partial charge in [-0.05, 0) is 36.6 Å². The van der Waals surface area contributed by atoms with Crippen molar-refractivity contribution in [3.63, 3.8) is 0 Å². The van der Waals surface area contributed by atoms with Crippen LogP contribution in [-0.2, 0) is 16.1 Å². The molecule has 1 heterocycles. The first-order chi connectivity index (χ1) is 13.5. The lowest BCUT2D eigenvalue weighted by molar-refractivity contribution is -0.121. The molecule has 0 aromatic heterocycles. The van der Waals surface area contributed by atoms with Gasteiger partial charge in [0, 0.05) is 38.6 Å². The molecule has 1 aliphatic heterocycles. The van der Waals surface area contributed by atoms with Crippen LogP contribution in [0.25, 0.3) is 0 Å². The maximum absolute atomic E-state index is 12.9. The molecule has 0 atom stereocenters. The van der Waals surface area contributed by atoms with Gasteiger partial charge in [-0.1, -0.05) is 30.3 Å². The van der Waals surface area contributed by atoms with Crippen molar-refractivity contribution in [1.29, 1.82) is 0 Å². The summed E-state index contributed by atoms with van der Waals surface area (Å²) < 4.78 is 5.48. The van der Waals surface area contributed by atoms with Crippen LogP contribution in [0.1, 0.15) is 28.8 Å². The minimum Gasteiger partial charge on any atom is -0.377 e. The van der Waals surface area contributed by atoms with Gasteiger partial charge in [0.1, 0.15) is 6.61 Å². The summed E-state index contributed by atoms with van der Waals surface area (Å²) >= 11 is 0. The molecule has 0 spiro atoms. The third-order valence-electron chi connectivity index (χ3n) is 4.73. The van der Waals surface area contributed by atoms with E-state index in [9.17, 15) is 9.59 Å². The van der Waals surface area contributed by atoms with Gasteiger partial charge in [-0.2, -0.15) is 0 Å². The Morgan fingerprint density at radius 1 is 1.07 bits per heavy atom. The molecule has 0 saturated carbocycles. The summed E-state index contributed by atoms with van der Waals surface area (Å²) in [6.45, 7) is 1.91. The van der Waals surface area contributed by atoms with E-state index in [1.54, 1.807) is 6.07 Å². The number of benzene rings is 2. The van der Waals surface area contributed by atoms with Gasteiger partial charge in [0.05, 0.1) is 12.2 Å². The molecule has 2 aromatic rings. The SMILES string of the molecule is CN(C)c1ccc(NC(=O)COCc2ccccc2)cc1C(=O)N1CCCC1. The number of ether oxygens (including phenoxy) is 1. The van der Waals surface area contributed by atoms with Crippen LogP contribution in [-0.4, -0.2) is 50.5 Å². The summed E-state index contributed by atoms with van der Waals surface area (Å²) in [5.41, 5.74) is 3.07. The van der Waals surface area contributed by atoms with Crippen molar-refractivity contribution in [3.8, 4) is 0 Å². The van der Waals surface area contributed by atoms with Gasteiger partial charge < -0.3 is 19.9 Å². The molecule has 1 N–H and O–H groups in total. The van der Waals surface area contributed by atoms with E-state index in [-0.39, 0.29) is 18.4 Å². The molecule has 6 nitrogen and oxygen atoms in total. The number of nitrogens with one attached hydrogen (secondary N) is 1. The number of nitrogens with zero attached hydrogens (tertiary/aromatic N) is 2. The van der Waals surface area contributed by atoms with Gasteiger partial charge in [-0.3, -0.25) is 9.59 Å². The second kappa shape index (κ2) is 9.37. The van der Waals surface area contributed by atoms with E-state index in [0.29, 0.717) is 17.9 Å². The van der Waals surface area contributed by atoms with Gasteiger partial charge in [0.15, 0.2) is 0 Å². The number of hydrogen-bond donors (Lipinski definition) is 1. The van der Waals surface area contributed by atoms with E-state index in [0.717, 1.165) is 37.2 Å². The van der Waals surface area contributed by atoms with Gasteiger partial charge in [-0.15, -0.1) is 0 Å². The molecule has 0 aliphatic carbocycles.